The summed E-state index contributed by atoms with van der Waals surface area (Å²) >= 11 is 9.43. The number of halogens is 2. The maximum absolute atomic E-state index is 6.06. The molecule has 2 heterocycles. The minimum Gasteiger partial charge on any atom is -0.480 e. The standard InChI is InChI=1S/C12H17BrClN3O/c1-18-11-10(13)8-15-12(16-11)17-6-4-2-3-5-9(17)7-14/h8-9H,2-7H2,1H3. The monoisotopic (exact) mass is 333 g/mol. The van der Waals surface area contributed by atoms with Crippen molar-refractivity contribution >= 4 is 33.5 Å². The van der Waals surface area contributed by atoms with Crippen LogP contribution in [-0.2, 0) is 0 Å². The summed E-state index contributed by atoms with van der Waals surface area (Å²) in [5.41, 5.74) is 0. The van der Waals surface area contributed by atoms with E-state index in [1.54, 1.807) is 13.3 Å². The first-order valence-corrected chi connectivity index (χ1v) is 7.48. The predicted octanol–water partition coefficient (Wildman–Crippen LogP) is 3.24. The van der Waals surface area contributed by atoms with Crippen LogP contribution in [0.25, 0.3) is 0 Å². The molecule has 4 nitrogen and oxygen atoms in total. The van der Waals surface area contributed by atoms with Crippen molar-refractivity contribution in [2.75, 3.05) is 24.4 Å². The van der Waals surface area contributed by atoms with E-state index in [1.807, 2.05) is 0 Å². The van der Waals surface area contributed by atoms with Gasteiger partial charge in [0, 0.05) is 18.5 Å². The first-order chi connectivity index (χ1) is 8.76. The highest BCUT2D eigenvalue weighted by molar-refractivity contribution is 9.10. The Morgan fingerprint density at radius 1 is 1.50 bits per heavy atom. The van der Waals surface area contributed by atoms with E-state index in [2.05, 4.69) is 30.8 Å². The van der Waals surface area contributed by atoms with Gasteiger partial charge in [0.1, 0.15) is 0 Å². The molecule has 0 spiro atoms. The topological polar surface area (TPSA) is 38.2 Å². The van der Waals surface area contributed by atoms with Gasteiger partial charge in [-0.05, 0) is 28.8 Å². The SMILES string of the molecule is COc1nc(N2CCCCCC2CCl)ncc1Br. The molecule has 1 aromatic rings. The predicted molar refractivity (Wildman–Crippen MR) is 76.6 cm³/mol. The fraction of sp³-hybridized carbons (Fsp3) is 0.667. The van der Waals surface area contributed by atoms with Crippen LogP contribution >= 0.6 is 27.5 Å². The number of anilines is 1. The molecule has 1 aliphatic heterocycles. The lowest BCUT2D eigenvalue weighted by molar-refractivity contribution is 0.393. The van der Waals surface area contributed by atoms with Crippen molar-refractivity contribution in [3.63, 3.8) is 0 Å². The Morgan fingerprint density at radius 2 is 2.33 bits per heavy atom. The Kier molecular flexibility index (Phi) is 5.06. The first kappa shape index (κ1) is 13.9. The van der Waals surface area contributed by atoms with E-state index in [1.165, 1.54) is 12.8 Å². The van der Waals surface area contributed by atoms with Crippen LogP contribution in [0.4, 0.5) is 5.95 Å². The molecule has 1 saturated heterocycles. The molecule has 1 fully saturated rings. The smallest absolute Gasteiger partial charge is 0.232 e. The third kappa shape index (κ3) is 3.06. The molecule has 0 aliphatic carbocycles. The number of nitrogens with zero attached hydrogens (tertiary/aromatic N) is 3. The van der Waals surface area contributed by atoms with Crippen molar-refractivity contribution in [2.45, 2.75) is 31.7 Å². The lowest BCUT2D eigenvalue weighted by Crippen LogP contribution is -2.37. The minimum atomic E-state index is 0.319. The average Bonchev–Trinajstić information content (AvgIpc) is 2.64. The van der Waals surface area contributed by atoms with Crippen molar-refractivity contribution in [2.24, 2.45) is 0 Å². The van der Waals surface area contributed by atoms with Crippen molar-refractivity contribution < 1.29 is 4.74 Å². The normalized spacial score (nSPS) is 20.6. The largest absolute Gasteiger partial charge is 0.480 e. The third-order valence-electron chi connectivity index (χ3n) is 3.20. The van der Waals surface area contributed by atoms with E-state index < -0.39 is 0 Å². The highest BCUT2D eigenvalue weighted by Crippen LogP contribution is 2.27. The van der Waals surface area contributed by atoms with E-state index in [9.17, 15) is 0 Å². The second-order valence-electron chi connectivity index (χ2n) is 4.38. The lowest BCUT2D eigenvalue weighted by Gasteiger charge is -2.28. The molecule has 0 amide bonds. The fourth-order valence-electron chi connectivity index (χ4n) is 2.23. The van der Waals surface area contributed by atoms with E-state index >= 15 is 0 Å². The molecule has 0 saturated carbocycles. The van der Waals surface area contributed by atoms with Crippen LogP contribution in [0.1, 0.15) is 25.7 Å². The van der Waals surface area contributed by atoms with E-state index in [-0.39, 0.29) is 0 Å². The van der Waals surface area contributed by atoms with Crippen LogP contribution < -0.4 is 9.64 Å². The third-order valence-corrected chi connectivity index (χ3v) is 4.10. The number of rotatable bonds is 3. The average molecular weight is 335 g/mol. The van der Waals surface area contributed by atoms with Crippen molar-refractivity contribution in [3.05, 3.63) is 10.7 Å². The molecule has 0 aromatic carbocycles. The van der Waals surface area contributed by atoms with Gasteiger partial charge in [-0.2, -0.15) is 4.98 Å². The molecule has 1 aliphatic rings. The van der Waals surface area contributed by atoms with Crippen LogP contribution in [0.5, 0.6) is 5.88 Å². The highest BCUT2D eigenvalue weighted by Gasteiger charge is 2.23. The molecule has 6 heteroatoms. The van der Waals surface area contributed by atoms with Gasteiger partial charge in [-0.1, -0.05) is 12.8 Å². The number of hydrogen-bond acceptors (Lipinski definition) is 4. The second kappa shape index (κ2) is 6.57. The number of methoxy groups -OCH3 is 1. The Balaban J connectivity index is 2.26. The molecular formula is C12H17BrClN3O. The number of alkyl halides is 1. The van der Waals surface area contributed by atoms with Gasteiger partial charge >= 0.3 is 0 Å². The molecular weight excluding hydrogens is 318 g/mol. The first-order valence-electron chi connectivity index (χ1n) is 6.15. The van der Waals surface area contributed by atoms with Gasteiger partial charge in [-0.15, -0.1) is 11.6 Å². The summed E-state index contributed by atoms with van der Waals surface area (Å²) in [5.74, 6) is 1.89. The summed E-state index contributed by atoms with van der Waals surface area (Å²) in [6.07, 6.45) is 6.47. The van der Waals surface area contributed by atoms with Gasteiger partial charge in [0.25, 0.3) is 0 Å². The van der Waals surface area contributed by atoms with Crippen LogP contribution in [0, 0.1) is 0 Å². The molecule has 18 heavy (non-hydrogen) atoms. The number of aromatic nitrogens is 2. The van der Waals surface area contributed by atoms with E-state index in [0.29, 0.717) is 23.8 Å². The van der Waals surface area contributed by atoms with Gasteiger partial charge in [-0.25, -0.2) is 4.98 Å². The molecule has 1 aromatic heterocycles. The molecule has 1 atom stereocenters. The fourth-order valence-corrected chi connectivity index (χ4v) is 2.90. The molecule has 0 N–H and O–H groups in total. The Morgan fingerprint density at radius 3 is 3.06 bits per heavy atom. The summed E-state index contributed by atoms with van der Waals surface area (Å²) in [6, 6.07) is 0.319. The zero-order valence-corrected chi connectivity index (χ0v) is 12.7. The Bertz CT molecular complexity index is 405. The summed E-state index contributed by atoms with van der Waals surface area (Å²) in [6.45, 7) is 0.960. The van der Waals surface area contributed by atoms with Gasteiger partial charge < -0.3 is 9.64 Å². The van der Waals surface area contributed by atoms with Crippen molar-refractivity contribution in [1.82, 2.24) is 9.97 Å². The zero-order valence-electron chi connectivity index (χ0n) is 10.4. The van der Waals surface area contributed by atoms with Gasteiger partial charge in [0.2, 0.25) is 11.8 Å². The van der Waals surface area contributed by atoms with Crippen LogP contribution in [0.15, 0.2) is 10.7 Å². The Labute approximate surface area is 121 Å². The van der Waals surface area contributed by atoms with E-state index in [0.717, 1.165) is 23.9 Å². The van der Waals surface area contributed by atoms with Gasteiger partial charge in [0.15, 0.2) is 0 Å². The van der Waals surface area contributed by atoms with Gasteiger partial charge in [0.05, 0.1) is 17.8 Å². The maximum atomic E-state index is 6.06. The quantitative estimate of drug-likeness (QED) is 0.796. The molecule has 0 radical (unpaired) electrons. The van der Waals surface area contributed by atoms with Crippen LogP contribution in [0.2, 0.25) is 0 Å². The molecule has 0 bridgehead atoms. The summed E-state index contributed by atoms with van der Waals surface area (Å²) in [5, 5.41) is 0. The van der Waals surface area contributed by atoms with Crippen LogP contribution in [0.3, 0.4) is 0 Å². The number of hydrogen-bond donors (Lipinski definition) is 0. The minimum absolute atomic E-state index is 0.319. The Hall–Kier alpha value is -0.550. The number of ether oxygens (including phenoxy) is 1. The second-order valence-corrected chi connectivity index (χ2v) is 5.54. The van der Waals surface area contributed by atoms with Crippen molar-refractivity contribution in [3.8, 4) is 5.88 Å². The molecule has 100 valence electrons. The van der Waals surface area contributed by atoms with Crippen LogP contribution in [-0.4, -0.2) is 35.5 Å². The summed E-state index contributed by atoms with van der Waals surface area (Å²) in [4.78, 5) is 11.0. The van der Waals surface area contributed by atoms with Crippen molar-refractivity contribution in [1.29, 1.82) is 0 Å². The van der Waals surface area contributed by atoms with Gasteiger partial charge in [-0.3, -0.25) is 0 Å². The van der Waals surface area contributed by atoms with E-state index in [4.69, 9.17) is 16.3 Å². The highest BCUT2D eigenvalue weighted by atomic mass is 79.9. The summed E-state index contributed by atoms with van der Waals surface area (Å²) < 4.78 is 5.99. The molecule has 1 unspecified atom stereocenters. The molecule has 2 rings (SSSR count). The summed E-state index contributed by atoms with van der Waals surface area (Å²) in [7, 11) is 1.61. The zero-order chi connectivity index (χ0) is 13.0. The lowest BCUT2D eigenvalue weighted by atomic mass is 10.1. The maximum Gasteiger partial charge on any atom is 0.232 e.